The highest BCUT2D eigenvalue weighted by atomic mass is 127. The van der Waals surface area contributed by atoms with E-state index >= 15 is 0 Å². The van der Waals surface area contributed by atoms with Gasteiger partial charge in [-0.2, -0.15) is 0 Å². The van der Waals surface area contributed by atoms with E-state index in [-0.39, 0.29) is 29.1 Å². The molecule has 0 bridgehead atoms. The van der Waals surface area contributed by atoms with Crippen LogP contribution in [0.1, 0.15) is 13.8 Å². The number of nitro groups is 1. The van der Waals surface area contributed by atoms with Crippen molar-refractivity contribution >= 4 is 24.7 Å². The van der Waals surface area contributed by atoms with E-state index in [4.69, 9.17) is 0 Å². The molecule has 0 N–H and O–H groups in total. The van der Waals surface area contributed by atoms with Gasteiger partial charge in [0.2, 0.25) is 0 Å². The van der Waals surface area contributed by atoms with Crippen molar-refractivity contribution in [1.82, 2.24) is 0 Å². The van der Waals surface area contributed by atoms with Gasteiger partial charge in [0.05, 0.1) is 4.92 Å². The van der Waals surface area contributed by atoms with Crippen molar-refractivity contribution < 1.29 is 4.92 Å². The van der Waals surface area contributed by atoms with Crippen LogP contribution < -0.4 is 0 Å². The summed E-state index contributed by atoms with van der Waals surface area (Å²) in [4.78, 5) is 10.1. The molecule has 1 heterocycles. The van der Waals surface area contributed by atoms with Crippen molar-refractivity contribution in [2.24, 2.45) is 0 Å². The van der Waals surface area contributed by atoms with E-state index in [1.807, 2.05) is 17.9 Å². The molecule has 0 atom stereocenters. The van der Waals surface area contributed by atoms with Crippen LogP contribution in [0, 0.1) is 10.1 Å². The van der Waals surface area contributed by atoms with Crippen molar-refractivity contribution in [1.29, 1.82) is 0 Å². The molecule has 0 fully saturated rings. The quantitative estimate of drug-likeness (QED) is 0.309. The normalized spacial score (nSPS) is 21.6. The van der Waals surface area contributed by atoms with Gasteiger partial charge in [-0.15, -0.1) is 20.7 Å². The maximum atomic E-state index is 10.4. The summed E-state index contributed by atoms with van der Waals surface area (Å²) in [5, 5.41) is 10.4. The second kappa shape index (κ2) is 2.41. The third kappa shape index (κ3) is 1.25. The molecule has 10 heavy (non-hydrogen) atoms. The van der Waals surface area contributed by atoms with Gasteiger partial charge in [0, 0.05) is 6.08 Å². The van der Waals surface area contributed by atoms with Crippen LogP contribution >= 0.6 is 20.7 Å². The molecule has 0 saturated carbocycles. The predicted molar refractivity (Wildman–Crippen MR) is 49.2 cm³/mol. The van der Waals surface area contributed by atoms with Crippen LogP contribution in [-0.2, 0) is 0 Å². The maximum absolute atomic E-state index is 10.4. The first-order chi connectivity index (χ1) is 4.54. The fraction of sp³-hybridized carbons (Fsp3) is 0.500. The zero-order valence-corrected chi connectivity index (χ0v) is 7.95. The summed E-state index contributed by atoms with van der Waals surface area (Å²) in [5.74, 6) is 0. The fourth-order valence-electron chi connectivity index (χ4n) is 0.781. The molecule has 0 aromatic heterocycles. The van der Waals surface area contributed by atoms with Crippen LogP contribution in [0.3, 0.4) is 0 Å². The smallest absolute Gasteiger partial charge is 0.259 e. The van der Waals surface area contributed by atoms with Crippen molar-refractivity contribution in [2.75, 3.05) is 0 Å². The van der Waals surface area contributed by atoms with Crippen LogP contribution in [0.2, 0.25) is 0 Å². The van der Waals surface area contributed by atoms with Gasteiger partial charge in [0.15, 0.2) is 0 Å². The van der Waals surface area contributed by atoms with Crippen LogP contribution in [0.25, 0.3) is 0 Å². The van der Waals surface area contributed by atoms with Crippen LogP contribution in [0.5, 0.6) is 0 Å². The van der Waals surface area contributed by atoms with Crippen molar-refractivity contribution in [2.45, 2.75) is 17.3 Å². The first-order valence-electron chi connectivity index (χ1n) is 2.87. The number of rotatable bonds is 1. The highest BCUT2D eigenvalue weighted by Gasteiger charge is 2.33. The number of allylic oxidation sites excluding steroid dienone is 2. The first kappa shape index (κ1) is 7.84. The number of alkyl halides is 1. The van der Waals surface area contributed by atoms with E-state index in [9.17, 15) is 10.1 Å². The molecule has 0 amide bonds. The van der Waals surface area contributed by atoms with Crippen molar-refractivity contribution in [3.05, 3.63) is 21.9 Å². The largest absolute Gasteiger partial charge is 0.261 e. The SMILES string of the molecule is CC1(C)I=CC=C1[N+](=O)[O-]. The van der Waals surface area contributed by atoms with Gasteiger partial charge >= 0.3 is 0 Å². The van der Waals surface area contributed by atoms with Gasteiger partial charge in [-0.05, 0) is 17.9 Å². The van der Waals surface area contributed by atoms with Gasteiger partial charge in [-0.1, -0.05) is 0 Å². The Labute approximate surface area is 69.0 Å². The summed E-state index contributed by atoms with van der Waals surface area (Å²) in [6.07, 6.45) is 1.65. The number of nitrogens with zero attached hydrogens (tertiary/aromatic N) is 1. The molecule has 0 aromatic carbocycles. The minimum Gasteiger partial charge on any atom is -0.259 e. The minimum absolute atomic E-state index is 0.137. The summed E-state index contributed by atoms with van der Waals surface area (Å²) in [7, 11) is 0. The topological polar surface area (TPSA) is 43.1 Å². The molecule has 0 radical (unpaired) electrons. The lowest BCUT2D eigenvalue weighted by Gasteiger charge is -2.10. The number of halogens is 1. The first-order valence-corrected chi connectivity index (χ1v) is 5.19. The lowest BCUT2D eigenvalue weighted by atomic mass is 10.1. The van der Waals surface area contributed by atoms with Crippen molar-refractivity contribution in [3.8, 4) is 0 Å². The minimum atomic E-state index is -0.275. The van der Waals surface area contributed by atoms with Crippen LogP contribution in [0.4, 0.5) is 0 Å². The fourth-order valence-corrected chi connectivity index (χ4v) is 2.90. The molecule has 0 saturated heterocycles. The van der Waals surface area contributed by atoms with E-state index in [2.05, 4.69) is 0 Å². The standard InChI is InChI=1S/C6H8INO2/c1-6(2)5(8(9)10)3-4-7-6/h3-4H,1-2H3. The summed E-state index contributed by atoms with van der Waals surface area (Å²) in [5.41, 5.74) is 0.375. The van der Waals surface area contributed by atoms with Crippen molar-refractivity contribution in [3.63, 3.8) is 0 Å². The average Bonchev–Trinajstić information content (AvgIpc) is 2.08. The highest BCUT2D eigenvalue weighted by molar-refractivity contribution is 14.2. The second-order valence-corrected chi connectivity index (χ2v) is 6.56. The third-order valence-corrected chi connectivity index (χ3v) is 4.19. The van der Waals surface area contributed by atoms with E-state index in [0.717, 1.165) is 0 Å². The van der Waals surface area contributed by atoms with Crippen LogP contribution in [-0.4, -0.2) is 12.4 Å². The van der Waals surface area contributed by atoms with Crippen LogP contribution in [0.15, 0.2) is 11.8 Å². The van der Waals surface area contributed by atoms with E-state index in [1.54, 1.807) is 6.08 Å². The second-order valence-electron chi connectivity index (χ2n) is 2.52. The molecule has 56 valence electrons. The molecule has 0 aliphatic carbocycles. The molecule has 1 rings (SSSR count). The lowest BCUT2D eigenvalue weighted by molar-refractivity contribution is -0.429. The monoisotopic (exact) mass is 253 g/mol. The zero-order valence-electron chi connectivity index (χ0n) is 5.80. The Morgan fingerprint density at radius 3 is 2.50 bits per heavy atom. The van der Waals surface area contributed by atoms with Gasteiger partial charge < -0.3 is 0 Å². The molecule has 3 nitrogen and oxygen atoms in total. The van der Waals surface area contributed by atoms with Gasteiger partial charge in [-0.3, -0.25) is 10.1 Å². The summed E-state index contributed by atoms with van der Waals surface area (Å²) >= 11 is -0.137. The van der Waals surface area contributed by atoms with E-state index in [0.29, 0.717) is 5.70 Å². The van der Waals surface area contributed by atoms with E-state index < -0.39 is 0 Å². The summed E-state index contributed by atoms with van der Waals surface area (Å²) in [6, 6.07) is 0. The average molecular weight is 253 g/mol. The number of hydrogen-bond donors (Lipinski definition) is 0. The zero-order chi connectivity index (χ0) is 7.78. The van der Waals surface area contributed by atoms with E-state index in [1.165, 1.54) is 0 Å². The Hall–Kier alpha value is -0.260. The van der Waals surface area contributed by atoms with Gasteiger partial charge in [-0.25, -0.2) is 0 Å². The molecule has 0 aromatic rings. The Kier molecular flexibility index (Phi) is 1.89. The molecule has 1 aliphatic heterocycles. The molecular formula is C6H8INO2. The van der Waals surface area contributed by atoms with Gasteiger partial charge in [0.1, 0.15) is 3.42 Å². The van der Waals surface area contributed by atoms with Gasteiger partial charge in [0.25, 0.3) is 5.70 Å². The Bertz CT molecular complexity index is 230. The molecule has 0 unspecified atom stereocenters. The summed E-state index contributed by atoms with van der Waals surface area (Å²) in [6.45, 7) is 3.86. The predicted octanol–water partition coefficient (Wildman–Crippen LogP) is 1.71. The third-order valence-electron chi connectivity index (χ3n) is 1.36. The molecule has 4 heteroatoms. The molecule has 1 aliphatic rings. The Balaban J connectivity index is 2.93. The highest BCUT2D eigenvalue weighted by Crippen LogP contribution is 2.35. The molecular weight excluding hydrogens is 245 g/mol. The lowest BCUT2D eigenvalue weighted by Crippen LogP contribution is -2.18. The summed E-state index contributed by atoms with van der Waals surface area (Å²) < 4.78 is 1.80. The Morgan fingerprint density at radius 1 is 1.70 bits per heavy atom. The maximum Gasteiger partial charge on any atom is 0.261 e. The molecule has 0 spiro atoms. The Morgan fingerprint density at radius 2 is 2.30 bits per heavy atom. The number of hydrogen-bond acceptors (Lipinski definition) is 2.